The van der Waals surface area contributed by atoms with E-state index in [0.29, 0.717) is 11.6 Å². The number of ether oxygens (including phenoxy) is 1. The van der Waals surface area contributed by atoms with Crippen molar-refractivity contribution in [2.24, 2.45) is 0 Å². The van der Waals surface area contributed by atoms with E-state index in [2.05, 4.69) is 10.6 Å². The van der Waals surface area contributed by atoms with Crippen LogP contribution in [-0.2, 0) is 4.79 Å². The van der Waals surface area contributed by atoms with E-state index in [4.69, 9.17) is 16.3 Å². The fourth-order valence-electron chi connectivity index (χ4n) is 1.91. The van der Waals surface area contributed by atoms with Crippen molar-refractivity contribution in [2.45, 2.75) is 19.9 Å². The molecule has 4 nitrogen and oxygen atoms in total. The average Bonchev–Trinajstić information content (AvgIpc) is 2.51. The number of carbonyl (C=O) groups excluding carboxylic acids is 1. The summed E-state index contributed by atoms with van der Waals surface area (Å²) in [6.45, 7) is 4.38. The molecule has 0 aromatic heterocycles. The van der Waals surface area contributed by atoms with Gasteiger partial charge in [0.05, 0.1) is 6.61 Å². The number of amides is 1. The summed E-state index contributed by atoms with van der Waals surface area (Å²) in [6, 6.07) is 14.2. The highest BCUT2D eigenvalue weighted by molar-refractivity contribution is 6.30. The third-order valence-electron chi connectivity index (χ3n) is 3.05. The van der Waals surface area contributed by atoms with Crippen LogP contribution < -0.4 is 15.4 Å². The highest BCUT2D eigenvalue weighted by Crippen LogP contribution is 2.17. The summed E-state index contributed by atoms with van der Waals surface area (Å²) in [5, 5.41) is 6.62. The molecule has 0 radical (unpaired) electrons. The lowest BCUT2D eigenvalue weighted by Gasteiger charge is -2.15. The van der Waals surface area contributed by atoms with Crippen molar-refractivity contribution in [3.05, 3.63) is 53.6 Å². The van der Waals surface area contributed by atoms with Crippen LogP contribution in [0.3, 0.4) is 0 Å². The maximum atomic E-state index is 12.1. The summed E-state index contributed by atoms with van der Waals surface area (Å²) >= 11 is 5.82. The van der Waals surface area contributed by atoms with Crippen LogP contribution in [0.5, 0.6) is 5.75 Å². The number of rotatable bonds is 6. The minimum absolute atomic E-state index is 0.115. The van der Waals surface area contributed by atoms with E-state index in [1.54, 1.807) is 24.3 Å². The van der Waals surface area contributed by atoms with E-state index < -0.39 is 0 Å². The smallest absolute Gasteiger partial charge is 0.246 e. The van der Waals surface area contributed by atoms with Gasteiger partial charge >= 0.3 is 0 Å². The Morgan fingerprint density at radius 2 is 1.68 bits per heavy atom. The first kappa shape index (κ1) is 16.2. The molecule has 0 unspecified atom stereocenters. The lowest BCUT2D eigenvalue weighted by Crippen LogP contribution is -2.31. The molecule has 22 heavy (non-hydrogen) atoms. The van der Waals surface area contributed by atoms with Crippen LogP contribution in [0.2, 0.25) is 5.02 Å². The summed E-state index contributed by atoms with van der Waals surface area (Å²) in [5.41, 5.74) is 1.58. The van der Waals surface area contributed by atoms with Gasteiger partial charge in [0.2, 0.25) is 5.91 Å². The van der Waals surface area contributed by atoms with E-state index in [-0.39, 0.29) is 11.9 Å². The largest absolute Gasteiger partial charge is 0.494 e. The first-order chi connectivity index (χ1) is 10.6. The van der Waals surface area contributed by atoms with Crippen LogP contribution >= 0.6 is 11.6 Å². The molecule has 1 amide bonds. The van der Waals surface area contributed by atoms with E-state index in [0.717, 1.165) is 17.1 Å². The maximum absolute atomic E-state index is 12.1. The average molecular weight is 319 g/mol. The van der Waals surface area contributed by atoms with Crippen LogP contribution in [-0.4, -0.2) is 18.6 Å². The van der Waals surface area contributed by atoms with Crippen LogP contribution in [0.1, 0.15) is 13.8 Å². The van der Waals surface area contributed by atoms with Gasteiger partial charge in [0.25, 0.3) is 0 Å². The Kier molecular flexibility index (Phi) is 5.67. The summed E-state index contributed by atoms with van der Waals surface area (Å²) < 4.78 is 5.38. The Balaban J connectivity index is 1.91. The molecular formula is C17H19ClN2O2. The monoisotopic (exact) mass is 318 g/mol. The number of halogens is 1. The predicted octanol–water partition coefficient (Wildman–Crippen LogP) is 4.18. The fraction of sp³-hybridized carbons (Fsp3) is 0.235. The van der Waals surface area contributed by atoms with Gasteiger partial charge in [0.15, 0.2) is 0 Å². The second-order valence-corrected chi connectivity index (χ2v) is 5.26. The van der Waals surface area contributed by atoms with Gasteiger partial charge in [0.1, 0.15) is 11.8 Å². The molecule has 0 aliphatic carbocycles. The minimum Gasteiger partial charge on any atom is -0.494 e. The van der Waals surface area contributed by atoms with Gasteiger partial charge in [0, 0.05) is 16.4 Å². The van der Waals surface area contributed by atoms with Gasteiger partial charge in [-0.2, -0.15) is 0 Å². The molecule has 0 bridgehead atoms. The zero-order valence-electron chi connectivity index (χ0n) is 12.6. The molecule has 0 aliphatic rings. The molecule has 0 saturated carbocycles. The molecule has 2 N–H and O–H groups in total. The molecule has 0 heterocycles. The van der Waals surface area contributed by atoms with Gasteiger partial charge in [-0.15, -0.1) is 0 Å². The van der Waals surface area contributed by atoms with Gasteiger partial charge in [-0.25, -0.2) is 0 Å². The topological polar surface area (TPSA) is 50.4 Å². The third-order valence-corrected chi connectivity index (χ3v) is 3.31. The second-order valence-electron chi connectivity index (χ2n) is 4.82. The highest BCUT2D eigenvalue weighted by Gasteiger charge is 2.12. The van der Waals surface area contributed by atoms with Crippen molar-refractivity contribution in [1.29, 1.82) is 0 Å². The molecule has 2 rings (SSSR count). The summed E-state index contributed by atoms with van der Waals surface area (Å²) in [4.78, 5) is 12.1. The first-order valence-electron chi connectivity index (χ1n) is 7.14. The van der Waals surface area contributed by atoms with Crippen molar-refractivity contribution in [2.75, 3.05) is 17.2 Å². The summed E-state index contributed by atoms with van der Waals surface area (Å²) in [6.07, 6.45) is 0. The van der Waals surface area contributed by atoms with E-state index in [1.165, 1.54) is 0 Å². The lowest BCUT2D eigenvalue weighted by atomic mass is 10.2. The van der Waals surface area contributed by atoms with Crippen LogP contribution in [0, 0.1) is 0 Å². The van der Waals surface area contributed by atoms with E-state index in [9.17, 15) is 4.79 Å². The molecule has 2 aromatic rings. The van der Waals surface area contributed by atoms with E-state index >= 15 is 0 Å². The number of anilines is 2. The zero-order chi connectivity index (χ0) is 15.9. The molecule has 0 saturated heterocycles. The Morgan fingerprint density at radius 3 is 2.27 bits per heavy atom. The Morgan fingerprint density at radius 1 is 1.09 bits per heavy atom. The molecule has 2 aromatic carbocycles. The standard InChI is InChI=1S/C17H19ClN2O2/c1-3-22-16-10-8-14(9-11-16)19-12(2)17(21)20-15-6-4-13(18)5-7-15/h4-12,19H,3H2,1-2H3,(H,20,21)/t12-/m0/s1. The van der Waals surface area contributed by atoms with Gasteiger partial charge in [-0.1, -0.05) is 11.6 Å². The molecular weight excluding hydrogens is 300 g/mol. The van der Waals surface area contributed by atoms with Gasteiger partial charge in [-0.05, 0) is 62.4 Å². The minimum atomic E-state index is -0.367. The van der Waals surface area contributed by atoms with Crippen LogP contribution in [0.15, 0.2) is 48.5 Å². The highest BCUT2D eigenvalue weighted by atomic mass is 35.5. The molecule has 116 valence electrons. The lowest BCUT2D eigenvalue weighted by molar-refractivity contribution is -0.116. The zero-order valence-corrected chi connectivity index (χ0v) is 13.4. The van der Waals surface area contributed by atoms with Gasteiger partial charge < -0.3 is 15.4 Å². The second kappa shape index (κ2) is 7.71. The maximum Gasteiger partial charge on any atom is 0.246 e. The quantitative estimate of drug-likeness (QED) is 0.840. The van der Waals surface area contributed by atoms with Crippen LogP contribution in [0.25, 0.3) is 0 Å². The summed E-state index contributed by atoms with van der Waals surface area (Å²) in [5.74, 6) is 0.697. The predicted molar refractivity (Wildman–Crippen MR) is 90.8 cm³/mol. The van der Waals surface area contributed by atoms with Crippen molar-refractivity contribution in [1.82, 2.24) is 0 Å². The van der Waals surface area contributed by atoms with Crippen molar-refractivity contribution in [3.8, 4) is 5.75 Å². The summed E-state index contributed by atoms with van der Waals surface area (Å²) in [7, 11) is 0. The molecule has 0 aliphatic heterocycles. The molecule has 1 atom stereocenters. The van der Waals surface area contributed by atoms with Crippen molar-refractivity contribution >= 4 is 28.9 Å². The molecule has 5 heteroatoms. The Hall–Kier alpha value is -2.20. The molecule has 0 fully saturated rings. The number of benzene rings is 2. The fourth-order valence-corrected chi connectivity index (χ4v) is 2.04. The number of carbonyl (C=O) groups is 1. The van der Waals surface area contributed by atoms with Crippen molar-refractivity contribution < 1.29 is 9.53 Å². The Bertz CT molecular complexity index is 612. The normalized spacial score (nSPS) is 11.6. The SMILES string of the molecule is CCOc1ccc(N[C@@H](C)C(=O)Nc2ccc(Cl)cc2)cc1. The van der Waals surface area contributed by atoms with Crippen LogP contribution in [0.4, 0.5) is 11.4 Å². The van der Waals surface area contributed by atoms with Crippen molar-refractivity contribution in [3.63, 3.8) is 0 Å². The third kappa shape index (κ3) is 4.67. The Labute approximate surface area is 135 Å². The number of hydrogen-bond acceptors (Lipinski definition) is 3. The molecule has 0 spiro atoms. The number of nitrogens with one attached hydrogen (secondary N) is 2. The van der Waals surface area contributed by atoms with E-state index in [1.807, 2.05) is 38.1 Å². The first-order valence-corrected chi connectivity index (χ1v) is 7.52. The van der Waals surface area contributed by atoms with Gasteiger partial charge in [-0.3, -0.25) is 4.79 Å². The number of hydrogen-bond donors (Lipinski definition) is 2.